The van der Waals surface area contributed by atoms with Crippen LogP contribution >= 0.6 is 0 Å². The van der Waals surface area contributed by atoms with Crippen molar-refractivity contribution in [1.82, 2.24) is 15.6 Å². The second-order valence-corrected chi connectivity index (χ2v) is 15.0. The number of rotatable bonds is 5. The van der Waals surface area contributed by atoms with Crippen molar-refractivity contribution in [2.45, 2.75) is 12.3 Å². The minimum atomic E-state index is -0.389. The van der Waals surface area contributed by atoms with E-state index in [9.17, 15) is 0 Å². The summed E-state index contributed by atoms with van der Waals surface area (Å²) in [6.45, 7) is 0. The predicted octanol–water partition coefficient (Wildman–Crippen LogP) is 12.9. The largest absolute Gasteiger partial charge is 0.456 e. The molecular weight excluding hydrogens is 713 g/mol. The summed E-state index contributed by atoms with van der Waals surface area (Å²) in [6, 6.07) is 59.5. The van der Waals surface area contributed by atoms with E-state index in [1.165, 1.54) is 0 Å². The van der Waals surface area contributed by atoms with Gasteiger partial charge >= 0.3 is 0 Å². The molecule has 0 fully saturated rings. The van der Waals surface area contributed by atoms with Crippen molar-refractivity contribution >= 4 is 71.3 Å². The summed E-state index contributed by atoms with van der Waals surface area (Å²) in [7, 11) is 0. The predicted molar refractivity (Wildman–Crippen MR) is 236 cm³/mol. The third-order valence-corrected chi connectivity index (χ3v) is 11.6. The molecule has 8 aromatic carbocycles. The Morgan fingerprint density at radius 3 is 2.05 bits per heavy atom. The summed E-state index contributed by atoms with van der Waals surface area (Å²) in [6.07, 6.45) is 3.04. The average molecular weight is 747 g/mol. The topological polar surface area (TPSA) is 75.6 Å². The van der Waals surface area contributed by atoms with Crippen LogP contribution in [0, 0.1) is 0 Å². The number of aromatic nitrogens is 1. The Balaban J connectivity index is 1.11. The molecule has 12 rings (SSSR count). The first-order valence-corrected chi connectivity index (χ1v) is 19.6. The van der Waals surface area contributed by atoms with Crippen LogP contribution < -0.4 is 10.6 Å². The van der Waals surface area contributed by atoms with Crippen molar-refractivity contribution in [1.29, 1.82) is 0 Å². The second-order valence-electron chi connectivity index (χ2n) is 15.0. The lowest BCUT2D eigenvalue weighted by atomic mass is 9.89. The van der Waals surface area contributed by atoms with Crippen LogP contribution in [0.1, 0.15) is 29.0 Å². The normalized spacial score (nSPS) is 15.8. The zero-order chi connectivity index (χ0) is 38.2. The molecule has 2 atom stereocenters. The van der Waals surface area contributed by atoms with E-state index < -0.39 is 0 Å². The Kier molecular flexibility index (Phi) is 7.33. The molecule has 0 saturated carbocycles. The first-order chi connectivity index (χ1) is 28.7. The Bertz CT molecular complexity index is 3420. The molecule has 0 bridgehead atoms. The van der Waals surface area contributed by atoms with Crippen molar-refractivity contribution in [3.05, 3.63) is 199 Å². The number of aliphatic imine (C=N–C) groups is 1. The fourth-order valence-electron chi connectivity index (χ4n) is 8.91. The van der Waals surface area contributed by atoms with E-state index >= 15 is 0 Å². The SMILES string of the molecule is c1ccc(C2=NC(c3cccc4oc5ccccc5c34)NC(c3cc4ccccc4cc3-c3ccc(-c4ccccc4)c4oc5cc6ccncc6cc5c34)N2)cc1. The first kappa shape index (κ1) is 32.7. The third kappa shape index (κ3) is 5.23. The molecule has 3 aromatic heterocycles. The summed E-state index contributed by atoms with van der Waals surface area (Å²) >= 11 is 0. The van der Waals surface area contributed by atoms with Gasteiger partial charge in [-0.05, 0) is 86.9 Å². The lowest BCUT2D eigenvalue weighted by Crippen LogP contribution is -2.45. The van der Waals surface area contributed by atoms with Gasteiger partial charge in [0.05, 0.1) is 0 Å². The van der Waals surface area contributed by atoms with Gasteiger partial charge in [-0.1, -0.05) is 121 Å². The fraction of sp³-hybridized carbons (Fsp3) is 0.0385. The molecule has 4 heterocycles. The van der Waals surface area contributed by atoms with Crippen LogP contribution in [-0.4, -0.2) is 10.8 Å². The lowest BCUT2D eigenvalue weighted by Gasteiger charge is -2.33. The van der Waals surface area contributed by atoms with Crippen LogP contribution in [0.15, 0.2) is 196 Å². The van der Waals surface area contributed by atoms with E-state index in [1.54, 1.807) is 0 Å². The second kappa shape index (κ2) is 13.0. The lowest BCUT2D eigenvalue weighted by molar-refractivity contribution is 0.411. The van der Waals surface area contributed by atoms with Gasteiger partial charge in [0.25, 0.3) is 0 Å². The molecule has 1 aliphatic rings. The Hall–Kier alpha value is -7.54. The first-order valence-electron chi connectivity index (χ1n) is 19.6. The Morgan fingerprint density at radius 1 is 0.466 bits per heavy atom. The van der Waals surface area contributed by atoms with Gasteiger partial charge in [-0.25, -0.2) is 4.99 Å². The van der Waals surface area contributed by atoms with Crippen LogP contribution in [0.25, 0.3) is 87.7 Å². The van der Waals surface area contributed by atoms with Gasteiger partial charge in [0, 0.05) is 56.0 Å². The molecule has 0 aliphatic carbocycles. The number of nitrogens with zero attached hydrogens (tertiary/aromatic N) is 2. The van der Waals surface area contributed by atoms with Gasteiger partial charge in [0.2, 0.25) is 0 Å². The standard InChI is InChI=1S/C52H34N4O2/c1-3-12-31(13-4-1)37-22-23-38(48-43-28-36-30-53-25-24-35(36)29-46(43)58-49(37)48)41-26-33-16-7-8-17-34(33)27-42(41)52-55-50(32-14-5-2-6-15-32)54-51(56-52)40-19-11-21-45-47(40)39-18-9-10-20-44(39)57-45/h1-30,51-52,56H,(H,54,55). The maximum Gasteiger partial charge on any atom is 0.143 e. The number of furan rings is 2. The van der Waals surface area contributed by atoms with Crippen molar-refractivity contribution < 1.29 is 8.83 Å². The number of benzene rings is 8. The molecule has 1 aliphatic heterocycles. The summed E-state index contributed by atoms with van der Waals surface area (Å²) in [5.41, 5.74) is 10.9. The maximum atomic E-state index is 6.92. The maximum absolute atomic E-state index is 6.92. The van der Waals surface area contributed by atoms with Gasteiger partial charge in [0.1, 0.15) is 40.5 Å². The molecule has 0 amide bonds. The zero-order valence-corrected chi connectivity index (χ0v) is 31.2. The van der Waals surface area contributed by atoms with E-state index in [4.69, 9.17) is 13.8 Å². The van der Waals surface area contributed by atoms with Crippen molar-refractivity contribution in [2.75, 3.05) is 0 Å². The van der Waals surface area contributed by atoms with Gasteiger partial charge in [-0.15, -0.1) is 0 Å². The molecule has 58 heavy (non-hydrogen) atoms. The average Bonchev–Trinajstić information content (AvgIpc) is 3.86. The van der Waals surface area contributed by atoms with Crippen LogP contribution in [0.5, 0.6) is 0 Å². The molecule has 274 valence electrons. The van der Waals surface area contributed by atoms with Crippen molar-refractivity contribution in [2.24, 2.45) is 4.99 Å². The van der Waals surface area contributed by atoms with E-state index in [-0.39, 0.29) is 12.3 Å². The van der Waals surface area contributed by atoms with E-state index in [0.29, 0.717) is 0 Å². The van der Waals surface area contributed by atoms with Gasteiger partial charge in [-0.2, -0.15) is 0 Å². The molecule has 6 heteroatoms. The molecule has 6 nitrogen and oxygen atoms in total. The highest BCUT2D eigenvalue weighted by molar-refractivity contribution is 6.19. The highest BCUT2D eigenvalue weighted by atomic mass is 16.3. The summed E-state index contributed by atoms with van der Waals surface area (Å²) in [5, 5.41) is 16.6. The summed E-state index contributed by atoms with van der Waals surface area (Å²) in [5.74, 6) is 0.815. The fourth-order valence-corrected chi connectivity index (χ4v) is 8.91. The quantitative estimate of drug-likeness (QED) is 0.183. The molecule has 0 radical (unpaired) electrons. The number of pyridine rings is 1. The van der Waals surface area contributed by atoms with E-state index in [1.807, 2.05) is 42.7 Å². The van der Waals surface area contributed by atoms with Crippen molar-refractivity contribution in [3.63, 3.8) is 0 Å². The van der Waals surface area contributed by atoms with E-state index in [2.05, 4.69) is 155 Å². The van der Waals surface area contributed by atoms with Gasteiger partial charge < -0.3 is 14.2 Å². The van der Waals surface area contributed by atoms with Gasteiger partial charge in [-0.3, -0.25) is 10.3 Å². The highest BCUT2D eigenvalue weighted by Gasteiger charge is 2.30. The van der Waals surface area contributed by atoms with Crippen LogP contribution in [0.2, 0.25) is 0 Å². The number of fused-ring (bicyclic) bond motifs is 8. The molecular formula is C52H34N4O2. The molecule has 11 aromatic rings. The Labute approximate surface area is 333 Å². The Morgan fingerprint density at radius 2 is 1.19 bits per heavy atom. The smallest absolute Gasteiger partial charge is 0.143 e. The monoisotopic (exact) mass is 746 g/mol. The number of hydrogen-bond donors (Lipinski definition) is 2. The molecule has 2 unspecified atom stereocenters. The summed E-state index contributed by atoms with van der Waals surface area (Å²) in [4.78, 5) is 9.86. The van der Waals surface area contributed by atoms with Crippen LogP contribution in [0.3, 0.4) is 0 Å². The molecule has 0 saturated heterocycles. The van der Waals surface area contributed by atoms with Crippen LogP contribution in [0.4, 0.5) is 0 Å². The van der Waals surface area contributed by atoms with E-state index in [0.717, 1.165) is 110 Å². The minimum absolute atomic E-state index is 0.335. The number of nitrogens with one attached hydrogen (secondary N) is 2. The van der Waals surface area contributed by atoms with Crippen LogP contribution in [-0.2, 0) is 0 Å². The molecule has 2 N–H and O–H groups in total. The zero-order valence-electron chi connectivity index (χ0n) is 31.2. The number of amidine groups is 1. The molecule has 0 spiro atoms. The summed E-state index contributed by atoms with van der Waals surface area (Å²) < 4.78 is 13.3. The van der Waals surface area contributed by atoms with Gasteiger partial charge in [0.15, 0.2) is 0 Å². The highest BCUT2D eigenvalue weighted by Crippen LogP contribution is 2.46. The minimum Gasteiger partial charge on any atom is -0.456 e. The number of para-hydroxylation sites is 1. The van der Waals surface area contributed by atoms with Crippen molar-refractivity contribution in [3.8, 4) is 22.3 Å². The number of hydrogen-bond acceptors (Lipinski definition) is 6. The third-order valence-electron chi connectivity index (χ3n) is 11.6.